The number of nitrogens with two attached hydrogens (primary N) is 1. The van der Waals surface area contributed by atoms with Gasteiger partial charge < -0.3 is 25.2 Å². The number of hydrogen-bond donors (Lipinski definition) is 2. The topological polar surface area (TPSA) is 105 Å². The van der Waals surface area contributed by atoms with Crippen LogP contribution in [-0.2, 0) is 11.3 Å². The molecule has 1 aliphatic rings. The Kier molecular flexibility index (Phi) is 6.97. The Balaban J connectivity index is 2.19. The number of carbonyl (C=O) groups is 2. The molecule has 0 spiro atoms. The van der Waals surface area contributed by atoms with Gasteiger partial charge in [0.25, 0.3) is 0 Å². The van der Waals surface area contributed by atoms with Crippen molar-refractivity contribution in [2.45, 2.75) is 39.3 Å². The van der Waals surface area contributed by atoms with Crippen LogP contribution in [0.3, 0.4) is 0 Å². The van der Waals surface area contributed by atoms with E-state index in [0.29, 0.717) is 32.2 Å². The van der Waals surface area contributed by atoms with E-state index in [2.05, 4.69) is 4.74 Å². The molecule has 1 aromatic carbocycles. The van der Waals surface area contributed by atoms with Gasteiger partial charge in [0, 0.05) is 38.3 Å². The van der Waals surface area contributed by atoms with Gasteiger partial charge in [-0.2, -0.15) is 0 Å². The highest BCUT2D eigenvalue weighted by Gasteiger charge is 2.34. The zero-order valence-corrected chi connectivity index (χ0v) is 17.4. The third-order valence-electron chi connectivity index (χ3n) is 4.23. The highest BCUT2D eigenvalue weighted by atomic mass is 35.5. The Bertz CT molecular complexity index is 819. The number of alkyl halides is 3. The summed E-state index contributed by atoms with van der Waals surface area (Å²) < 4.78 is 47.8. The number of carbonyl (C=O) groups excluding carboxylic acids is 1. The molecule has 0 bridgehead atoms. The van der Waals surface area contributed by atoms with Gasteiger partial charge >= 0.3 is 18.4 Å². The van der Waals surface area contributed by atoms with E-state index in [-0.39, 0.29) is 22.8 Å². The van der Waals surface area contributed by atoms with Crippen molar-refractivity contribution in [2.75, 3.05) is 31.9 Å². The minimum atomic E-state index is -5.04. The van der Waals surface area contributed by atoms with Crippen LogP contribution < -0.4 is 10.5 Å². The summed E-state index contributed by atoms with van der Waals surface area (Å²) in [7, 11) is 0. The number of halogens is 4. The zero-order chi connectivity index (χ0) is 22.9. The van der Waals surface area contributed by atoms with Crippen molar-refractivity contribution in [1.82, 2.24) is 9.80 Å². The second-order valence-electron chi connectivity index (χ2n) is 7.72. The lowest BCUT2D eigenvalue weighted by Crippen LogP contribution is -2.49. The number of aromatic carboxylic acids is 1. The van der Waals surface area contributed by atoms with E-state index < -0.39 is 35.3 Å². The molecular weight excluding hydrogens is 431 g/mol. The average Bonchev–Trinajstić information content (AvgIpc) is 2.58. The van der Waals surface area contributed by atoms with E-state index >= 15 is 0 Å². The first-order valence-corrected chi connectivity index (χ1v) is 9.36. The summed E-state index contributed by atoms with van der Waals surface area (Å²) >= 11 is 6.10. The Morgan fingerprint density at radius 3 is 2.23 bits per heavy atom. The van der Waals surface area contributed by atoms with Gasteiger partial charge in [0.15, 0.2) is 0 Å². The van der Waals surface area contributed by atoms with Crippen molar-refractivity contribution in [3.05, 3.63) is 22.2 Å². The normalized spacial score (nSPS) is 15.8. The fourth-order valence-electron chi connectivity index (χ4n) is 2.86. The second-order valence-corrected chi connectivity index (χ2v) is 8.10. The van der Waals surface area contributed by atoms with E-state index in [4.69, 9.17) is 27.2 Å². The van der Waals surface area contributed by atoms with E-state index in [1.54, 1.807) is 25.7 Å². The molecule has 168 valence electrons. The van der Waals surface area contributed by atoms with Crippen LogP contribution in [0.1, 0.15) is 36.7 Å². The van der Waals surface area contributed by atoms with Gasteiger partial charge in [-0.25, -0.2) is 9.59 Å². The maximum atomic E-state index is 12.8. The van der Waals surface area contributed by atoms with Crippen molar-refractivity contribution in [3.8, 4) is 5.75 Å². The summed E-state index contributed by atoms with van der Waals surface area (Å²) in [6.45, 7) is 6.43. The summed E-state index contributed by atoms with van der Waals surface area (Å²) in [5, 5.41) is 8.84. The number of hydrogen-bond acceptors (Lipinski definition) is 6. The molecule has 3 N–H and O–H groups in total. The predicted molar refractivity (Wildman–Crippen MR) is 103 cm³/mol. The quantitative estimate of drug-likeness (QED) is 0.671. The molecule has 1 amide bonds. The van der Waals surface area contributed by atoms with Crippen LogP contribution in [0.15, 0.2) is 6.07 Å². The summed E-state index contributed by atoms with van der Waals surface area (Å²) in [5.74, 6) is -2.26. The van der Waals surface area contributed by atoms with Gasteiger partial charge in [-0.3, -0.25) is 4.90 Å². The van der Waals surface area contributed by atoms with Gasteiger partial charge in [-0.1, -0.05) is 11.6 Å². The number of carboxylic acid groups (broad SMARTS) is 1. The van der Waals surface area contributed by atoms with Crippen molar-refractivity contribution in [3.63, 3.8) is 0 Å². The molecule has 0 aliphatic carbocycles. The minimum absolute atomic E-state index is 0.0729. The number of benzene rings is 1. The first-order chi connectivity index (χ1) is 13.7. The molecular formula is C18H23ClF3N3O5. The van der Waals surface area contributed by atoms with Crippen LogP contribution in [0.4, 0.5) is 23.7 Å². The van der Waals surface area contributed by atoms with Crippen molar-refractivity contribution in [2.24, 2.45) is 0 Å². The summed E-state index contributed by atoms with van der Waals surface area (Å²) in [4.78, 5) is 26.6. The number of rotatable bonds is 4. The number of nitrogen functional groups attached to an aromatic ring is 1. The molecule has 0 aromatic heterocycles. The summed E-state index contributed by atoms with van der Waals surface area (Å²) in [5.41, 5.74) is 4.05. The van der Waals surface area contributed by atoms with Crippen LogP contribution in [0.5, 0.6) is 5.75 Å². The molecule has 1 heterocycles. The van der Waals surface area contributed by atoms with Gasteiger partial charge in [-0.15, -0.1) is 13.2 Å². The van der Waals surface area contributed by atoms with Gasteiger partial charge in [0.1, 0.15) is 11.4 Å². The molecule has 0 unspecified atom stereocenters. The molecule has 30 heavy (non-hydrogen) atoms. The lowest BCUT2D eigenvalue weighted by molar-refractivity contribution is -0.275. The fourth-order valence-corrected chi connectivity index (χ4v) is 3.12. The number of nitrogens with zero attached hydrogens (tertiary/aromatic N) is 2. The van der Waals surface area contributed by atoms with Crippen LogP contribution in [0, 0.1) is 0 Å². The minimum Gasteiger partial charge on any atom is -0.478 e. The molecule has 0 saturated carbocycles. The molecule has 1 fully saturated rings. The largest absolute Gasteiger partial charge is 0.573 e. The number of amides is 1. The summed E-state index contributed by atoms with van der Waals surface area (Å²) in [6.07, 6.45) is -5.52. The maximum absolute atomic E-state index is 12.8. The zero-order valence-electron chi connectivity index (χ0n) is 16.7. The molecule has 2 rings (SSSR count). The summed E-state index contributed by atoms with van der Waals surface area (Å²) in [6, 6.07) is 0.712. The molecule has 0 atom stereocenters. The standard InChI is InChI=1S/C18H23ClF3N3O5/c1-17(2,3)30-16(28)25-6-4-24(5-7-25)9-11-12(29-18(20,21)22)8-10(15(26)27)14(23)13(11)19/h8H,4-7,9,23H2,1-3H3,(H,26,27). The number of piperazine rings is 1. The van der Waals surface area contributed by atoms with Gasteiger partial charge in [0.2, 0.25) is 0 Å². The van der Waals surface area contributed by atoms with Crippen LogP contribution >= 0.6 is 11.6 Å². The Hall–Kier alpha value is -2.40. The molecule has 12 heteroatoms. The van der Waals surface area contributed by atoms with E-state index in [9.17, 15) is 22.8 Å². The third-order valence-corrected chi connectivity index (χ3v) is 4.66. The van der Waals surface area contributed by atoms with Crippen LogP contribution in [0.2, 0.25) is 5.02 Å². The fraction of sp³-hybridized carbons (Fsp3) is 0.556. The number of ether oxygens (including phenoxy) is 2. The van der Waals surface area contributed by atoms with E-state index in [1.807, 2.05) is 0 Å². The number of anilines is 1. The van der Waals surface area contributed by atoms with Gasteiger partial charge in [0.05, 0.1) is 16.3 Å². The highest BCUT2D eigenvalue weighted by molar-refractivity contribution is 6.35. The average molecular weight is 454 g/mol. The SMILES string of the molecule is CC(C)(C)OC(=O)N1CCN(Cc2c(OC(F)(F)F)cc(C(=O)O)c(N)c2Cl)CC1. The smallest absolute Gasteiger partial charge is 0.478 e. The molecule has 8 nitrogen and oxygen atoms in total. The first-order valence-electron chi connectivity index (χ1n) is 8.98. The molecule has 1 aliphatic heterocycles. The Morgan fingerprint density at radius 2 is 1.77 bits per heavy atom. The Morgan fingerprint density at radius 1 is 1.20 bits per heavy atom. The predicted octanol–water partition coefficient (Wildman–Crippen LogP) is 3.57. The van der Waals surface area contributed by atoms with E-state index in [0.717, 1.165) is 0 Å². The molecule has 1 aromatic rings. The maximum Gasteiger partial charge on any atom is 0.573 e. The lowest BCUT2D eigenvalue weighted by Gasteiger charge is -2.36. The highest BCUT2D eigenvalue weighted by Crippen LogP contribution is 2.38. The second kappa shape index (κ2) is 8.76. The molecule has 0 radical (unpaired) electrons. The van der Waals surface area contributed by atoms with Crippen LogP contribution in [0.25, 0.3) is 0 Å². The monoisotopic (exact) mass is 453 g/mol. The van der Waals surface area contributed by atoms with Gasteiger partial charge in [-0.05, 0) is 26.8 Å². The van der Waals surface area contributed by atoms with Crippen molar-refractivity contribution in [1.29, 1.82) is 0 Å². The lowest BCUT2D eigenvalue weighted by atomic mass is 10.1. The van der Waals surface area contributed by atoms with Crippen LogP contribution in [-0.4, -0.2) is 65.1 Å². The molecule has 1 saturated heterocycles. The van der Waals surface area contributed by atoms with Crippen molar-refractivity contribution >= 4 is 29.4 Å². The van der Waals surface area contributed by atoms with E-state index in [1.165, 1.54) is 4.90 Å². The first kappa shape index (κ1) is 23.9. The number of carboxylic acids is 1. The third kappa shape index (κ3) is 6.30. The van der Waals surface area contributed by atoms with Crippen molar-refractivity contribution < 1.29 is 37.3 Å². The Labute approximate surface area is 176 Å².